The summed E-state index contributed by atoms with van der Waals surface area (Å²) in [5.41, 5.74) is 2.47. The Morgan fingerprint density at radius 1 is 1.38 bits per heavy atom. The smallest absolute Gasteiger partial charge is 0.119 e. The maximum absolute atomic E-state index is 5.85. The van der Waals surface area contributed by atoms with Crippen molar-refractivity contribution in [2.45, 2.75) is 20.3 Å². The third kappa shape index (κ3) is 2.77. The van der Waals surface area contributed by atoms with Gasteiger partial charge in [0.05, 0.1) is 6.61 Å². The van der Waals surface area contributed by atoms with E-state index in [1.165, 1.54) is 22.0 Å². The molecule has 16 heavy (non-hydrogen) atoms. The van der Waals surface area contributed by atoms with E-state index in [2.05, 4.69) is 47.2 Å². The zero-order valence-electron chi connectivity index (χ0n) is 9.85. The van der Waals surface area contributed by atoms with E-state index in [9.17, 15) is 0 Å². The lowest BCUT2D eigenvalue weighted by Crippen LogP contribution is -2.15. The van der Waals surface area contributed by atoms with Crippen LogP contribution in [0.5, 0.6) is 5.75 Å². The molecular weight excluding hydrogens is 266 g/mol. The SMILES string of the molecule is Cc1cc(OCC2CCNC2)cc(C)c1Br. The van der Waals surface area contributed by atoms with Crippen LogP contribution in [-0.4, -0.2) is 19.7 Å². The molecule has 2 rings (SSSR count). The van der Waals surface area contributed by atoms with Gasteiger partial charge in [0.25, 0.3) is 0 Å². The standard InChI is InChI=1S/C13H18BrNO/c1-9-5-12(6-10(2)13(9)14)16-8-11-3-4-15-7-11/h5-6,11,15H,3-4,7-8H2,1-2H3. The summed E-state index contributed by atoms with van der Waals surface area (Å²) in [5, 5.41) is 3.35. The van der Waals surface area contributed by atoms with Crippen LogP contribution in [0.3, 0.4) is 0 Å². The Hall–Kier alpha value is -0.540. The summed E-state index contributed by atoms with van der Waals surface area (Å²) in [4.78, 5) is 0. The second-order valence-electron chi connectivity index (χ2n) is 4.54. The number of nitrogens with one attached hydrogen (secondary N) is 1. The third-order valence-corrected chi connectivity index (χ3v) is 4.31. The van der Waals surface area contributed by atoms with Crippen LogP contribution in [0.4, 0.5) is 0 Å². The van der Waals surface area contributed by atoms with Crippen LogP contribution in [0.15, 0.2) is 16.6 Å². The topological polar surface area (TPSA) is 21.3 Å². The van der Waals surface area contributed by atoms with Crippen molar-refractivity contribution >= 4 is 15.9 Å². The quantitative estimate of drug-likeness (QED) is 0.921. The molecule has 0 spiro atoms. The molecule has 1 atom stereocenters. The fourth-order valence-electron chi connectivity index (χ4n) is 2.06. The number of rotatable bonds is 3. The van der Waals surface area contributed by atoms with E-state index in [4.69, 9.17) is 4.74 Å². The molecule has 1 N–H and O–H groups in total. The molecule has 3 heteroatoms. The largest absolute Gasteiger partial charge is 0.493 e. The Morgan fingerprint density at radius 2 is 2.06 bits per heavy atom. The molecule has 0 radical (unpaired) electrons. The van der Waals surface area contributed by atoms with E-state index in [1.807, 2.05) is 0 Å². The molecule has 88 valence electrons. The number of halogens is 1. The summed E-state index contributed by atoms with van der Waals surface area (Å²) in [6.45, 7) is 7.25. The number of hydrogen-bond donors (Lipinski definition) is 1. The fraction of sp³-hybridized carbons (Fsp3) is 0.538. The molecule has 1 fully saturated rings. The molecule has 0 amide bonds. The molecule has 1 saturated heterocycles. The highest BCUT2D eigenvalue weighted by molar-refractivity contribution is 9.10. The first-order chi connectivity index (χ1) is 7.66. The fourth-order valence-corrected chi connectivity index (χ4v) is 2.29. The number of hydrogen-bond acceptors (Lipinski definition) is 2. The van der Waals surface area contributed by atoms with Gasteiger partial charge in [0.15, 0.2) is 0 Å². The van der Waals surface area contributed by atoms with Gasteiger partial charge in [-0.1, -0.05) is 15.9 Å². The molecular formula is C13H18BrNO. The second kappa shape index (κ2) is 5.19. The Balaban J connectivity index is 1.98. The second-order valence-corrected chi connectivity index (χ2v) is 5.33. The molecule has 1 aliphatic heterocycles. The van der Waals surface area contributed by atoms with Crippen LogP contribution in [0.25, 0.3) is 0 Å². The normalized spacial score (nSPS) is 20.1. The summed E-state index contributed by atoms with van der Waals surface area (Å²) >= 11 is 3.57. The summed E-state index contributed by atoms with van der Waals surface area (Å²) in [7, 11) is 0. The molecule has 2 nitrogen and oxygen atoms in total. The summed E-state index contributed by atoms with van der Waals surface area (Å²) in [6, 6.07) is 4.19. The highest BCUT2D eigenvalue weighted by Gasteiger charge is 2.15. The van der Waals surface area contributed by atoms with Crippen molar-refractivity contribution in [3.63, 3.8) is 0 Å². The molecule has 0 saturated carbocycles. The first-order valence-electron chi connectivity index (χ1n) is 5.77. The van der Waals surface area contributed by atoms with E-state index in [-0.39, 0.29) is 0 Å². The zero-order valence-corrected chi connectivity index (χ0v) is 11.4. The van der Waals surface area contributed by atoms with Gasteiger partial charge in [0, 0.05) is 16.9 Å². The number of ether oxygens (including phenoxy) is 1. The highest BCUT2D eigenvalue weighted by Crippen LogP contribution is 2.26. The van der Waals surface area contributed by atoms with Gasteiger partial charge < -0.3 is 10.1 Å². The highest BCUT2D eigenvalue weighted by atomic mass is 79.9. The lowest BCUT2D eigenvalue weighted by atomic mass is 10.1. The first kappa shape index (κ1) is 11.9. The van der Waals surface area contributed by atoms with Crippen LogP contribution in [0.1, 0.15) is 17.5 Å². The predicted molar refractivity (Wildman–Crippen MR) is 70.1 cm³/mol. The number of aryl methyl sites for hydroxylation is 2. The Labute approximate surface area is 106 Å². The molecule has 0 bridgehead atoms. The van der Waals surface area contributed by atoms with Gasteiger partial charge in [-0.15, -0.1) is 0 Å². The third-order valence-electron chi connectivity index (χ3n) is 3.06. The molecule has 1 aliphatic rings. The average Bonchev–Trinajstić information content (AvgIpc) is 2.75. The van der Waals surface area contributed by atoms with Gasteiger partial charge in [-0.25, -0.2) is 0 Å². The van der Waals surface area contributed by atoms with E-state index >= 15 is 0 Å². The zero-order chi connectivity index (χ0) is 11.5. The van der Waals surface area contributed by atoms with Crippen molar-refractivity contribution < 1.29 is 4.74 Å². The molecule has 1 heterocycles. The van der Waals surface area contributed by atoms with Gasteiger partial charge in [-0.05, 0) is 50.1 Å². The van der Waals surface area contributed by atoms with E-state index in [1.54, 1.807) is 0 Å². The minimum absolute atomic E-state index is 0.671. The Morgan fingerprint density at radius 3 is 2.62 bits per heavy atom. The molecule has 0 aliphatic carbocycles. The molecule has 1 aromatic carbocycles. The predicted octanol–water partition coefficient (Wildman–Crippen LogP) is 3.05. The molecule has 1 unspecified atom stereocenters. The van der Waals surface area contributed by atoms with E-state index < -0.39 is 0 Å². The van der Waals surface area contributed by atoms with Crippen molar-refractivity contribution in [2.75, 3.05) is 19.7 Å². The summed E-state index contributed by atoms with van der Waals surface area (Å²) < 4.78 is 7.03. The molecule has 1 aromatic rings. The minimum Gasteiger partial charge on any atom is -0.493 e. The van der Waals surface area contributed by atoms with Crippen LogP contribution in [-0.2, 0) is 0 Å². The lowest BCUT2D eigenvalue weighted by Gasteiger charge is -2.13. The van der Waals surface area contributed by atoms with E-state index in [0.717, 1.165) is 25.4 Å². The van der Waals surface area contributed by atoms with Crippen molar-refractivity contribution in [3.05, 3.63) is 27.7 Å². The van der Waals surface area contributed by atoms with Crippen LogP contribution in [0, 0.1) is 19.8 Å². The van der Waals surface area contributed by atoms with E-state index in [0.29, 0.717) is 5.92 Å². The van der Waals surface area contributed by atoms with Gasteiger partial charge >= 0.3 is 0 Å². The summed E-state index contributed by atoms with van der Waals surface area (Å²) in [6.07, 6.45) is 1.23. The van der Waals surface area contributed by atoms with Gasteiger partial charge in [0.2, 0.25) is 0 Å². The number of benzene rings is 1. The Kier molecular flexibility index (Phi) is 3.87. The molecule has 0 aromatic heterocycles. The van der Waals surface area contributed by atoms with Crippen LogP contribution in [0.2, 0.25) is 0 Å². The Bertz CT molecular complexity index is 349. The van der Waals surface area contributed by atoms with Crippen LogP contribution < -0.4 is 10.1 Å². The van der Waals surface area contributed by atoms with Crippen molar-refractivity contribution in [3.8, 4) is 5.75 Å². The minimum atomic E-state index is 0.671. The monoisotopic (exact) mass is 283 g/mol. The maximum Gasteiger partial charge on any atom is 0.119 e. The summed E-state index contributed by atoms with van der Waals surface area (Å²) in [5.74, 6) is 1.66. The first-order valence-corrected chi connectivity index (χ1v) is 6.56. The van der Waals surface area contributed by atoms with Crippen molar-refractivity contribution in [2.24, 2.45) is 5.92 Å². The maximum atomic E-state index is 5.85. The van der Waals surface area contributed by atoms with Gasteiger partial charge in [0.1, 0.15) is 5.75 Å². The van der Waals surface area contributed by atoms with Crippen molar-refractivity contribution in [1.82, 2.24) is 5.32 Å². The van der Waals surface area contributed by atoms with Crippen molar-refractivity contribution in [1.29, 1.82) is 0 Å². The lowest BCUT2D eigenvalue weighted by molar-refractivity contribution is 0.260. The van der Waals surface area contributed by atoms with Gasteiger partial charge in [-0.3, -0.25) is 0 Å². The van der Waals surface area contributed by atoms with Gasteiger partial charge in [-0.2, -0.15) is 0 Å². The average molecular weight is 284 g/mol. The van der Waals surface area contributed by atoms with Crippen LogP contribution >= 0.6 is 15.9 Å².